The lowest BCUT2D eigenvalue weighted by molar-refractivity contribution is 0.101. The average molecular weight is 455 g/mol. The first kappa shape index (κ1) is 21.0. The molecule has 10 heteroatoms. The first-order chi connectivity index (χ1) is 16.5. The zero-order chi connectivity index (χ0) is 23.5. The lowest BCUT2D eigenvalue weighted by Crippen LogP contribution is -2.15. The number of aromatic nitrogens is 6. The van der Waals surface area contributed by atoms with Crippen molar-refractivity contribution in [3.8, 4) is 28.7 Å². The number of aryl methyl sites for hydroxylation is 1. The molecule has 3 heterocycles. The standard InChI is InChI=1S/C24H18FN7O2/c1-31-21(15-20(30-31)16-3-5-17(25)6-4-16)24(33)27-18-7-9-19(10-8-18)34-23-12-11-22(28-29-23)32-14-2-13-26-32/h2-15H,1H3,(H,27,33). The SMILES string of the molecule is Cn1nc(-c2ccc(F)cc2)cc1C(=O)Nc1ccc(Oc2ccc(-n3cccn3)nn2)cc1. The largest absolute Gasteiger partial charge is 0.438 e. The molecule has 5 aromatic rings. The third-order valence-electron chi connectivity index (χ3n) is 4.95. The summed E-state index contributed by atoms with van der Waals surface area (Å²) < 4.78 is 22.0. The Morgan fingerprint density at radius 3 is 2.47 bits per heavy atom. The molecule has 0 fully saturated rings. The molecule has 2 aromatic carbocycles. The highest BCUT2D eigenvalue weighted by Crippen LogP contribution is 2.23. The first-order valence-electron chi connectivity index (χ1n) is 10.3. The molecule has 0 saturated carbocycles. The van der Waals surface area contributed by atoms with E-state index >= 15 is 0 Å². The van der Waals surface area contributed by atoms with Crippen molar-refractivity contribution in [1.29, 1.82) is 0 Å². The van der Waals surface area contributed by atoms with Crippen molar-refractivity contribution in [2.24, 2.45) is 7.05 Å². The molecule has 34 heavy (non-hydrogen) atoms. The third kappa shape index (κ3) is 4.51. The van der Waals surface area contributed by atoms with Gasteiger partial charge in [-0.25, -0.2) is 9.07 Å². The number of carbonyl (C=O) groups excluding carboxylic acids is 1. The van der Waals surface area contributed by atoms with Crippen LogP contribution in [-0.2, 0) is 7.05 Å². The Balaban J connectivity index is 1.24. The Bertz CT molecular complexity index is 1410. The van der Waals surface area contributed by atoms with Crippen molar-refractivity contribution in [1.82, 2.24) is 29.8 Å². The van der Waals surface area contributed by atoms with Gasteiger partial charge in [0.25, 0.3) is 5.91 Å². The molecule has 0 aliphatic rings. The van der Waals surface area contributed by atoms with E-state index in [-0.39, 0.29) is 11.7 Å². The van der Waals surface area contributed by atoms with Crippen LogP contribution in [0, 0.1) is 5.82 Å². The first-order valence-corrected chi connectivity index (χ1v) is 10.3. The number of anilines is 1. The molecular formula is C24H18FN7O2. The van der Waals surface area contributed by atoms with Crippen molar-refractivity contribution >= 4 is 11.6 Å². The fourth-order valence-corrected chi connectivity index (χ4v) is 3.26. The molecule has 0 saturated heterocycles. The molecule has 168 valence electrons. The summed E-state index contributed by atoms with van der Waals surface area (Å²) in [7, 11) is 1.68. The summed E-state index contributed by atoms with van der Waals surface area (Å²) >= 11 is 0. The Hall–Kier alpha value is -4.86. The van der Waals surface area contributed by atoms with Gasteiger partial charge in [-0.2, -0.15) is 10.2 Å². The number of nitrogens with one attached hydrogen (secondary N) is 1. The van der Waals surface area contributed by atoms with Gasteiger partial charge in [0.1, 0.15) is 17.3 Å². The van der Waals surface area contributed by atoms with Gasteiger partial charge in [0.15, 0.2) is 5.82 Å². The van der Waals surface area contributed by atoms with Crippen LogP contribution in [0.3, 0.4) is 0 Å². The zero-order valence-corrected chi connectivity index (χ0v) is 18.0. The van der Waals surface area contributed by atoms with Crippen LogP contribution in [0.15, 0.2) is 85.2 Å². The number of nitrogens with zero attached hydrogens (tertiary/aromatic N) is 6. The predicted octanol–water partition coefficient (Wildman–Crippen LogP) is 4.25. The second-order valence-electron chi connectivity index (χ2n) is 7.31. The Morgan fingerprint density at radius 1 is 1.00 bits per heavy atom. The van der Waals surface area contributed by atoms with E-state index < -0.39 is 0 Å². The Morgan fingerprint density at radius 2 is 1.79 bits per heavy atom. The summed E-state index contributed by atoms with van der Waals surface area (Å²) in [4.78, 5) is 12.8. The van der Waals surface area contributed by atoms with Crippen molar-refractivity contribution < 1.29 is 13.9 Å². The van der Waals surface area contributed by atoms with E-state index in [9.17, 15) is 9.18 Å². The van der Waals surface area contributed by atoms with E-state index in [2.05, 4.69) is 25.7 Å². The normalized spacial score (nSPS) is 10.8. The second-order valence-corrected chi connectivity index (χ2v) is 7.31. The van der Waals surface area contributed by atoms with Gasteiger partial charge in [-0.3, -0.25) is 9.48 Å². The van der Waals surface area contributed by atoms with Gasteiger partial charge in [0.05, 0.1) is 5.69 Å². The average Bonchev–Trinajstić information content (AvgIpc) is 3.52. The van der Waals surface area contributed by atoms with Gasteiger partial charge >= 0.3 is 0 Å². The zero-order valence-electron chi connectivity index (χ0n) is 18.0. The van der Waals surface area contributed by atoms with Gasteiger partial charge in [-0.1, -0.05) is 0 Å². The summed E-state index contributed by atoms with van der Waals surface area (Å²) in [5.74, 6) is 0.794. The van der Waals surface area contributed by atoms with Gasteiger partial charge < -0.3 is 10.1 Å². The molecule has 0 unspecified atom stereocenters. The molecule has 0 radical (unpaired) electrons. The van der Waals surface area contributed by atoms with Crippen LogP contribution in [0.2, 0.25) is 0 Å². The van der Waals surface area contributed by atoms with Crippen LogP contribution < -0.4 is 10.1 Å². The van der Waals surface area contributed by atoms with Gasteiger partial charge in [-0.15, -0.1) is 10.2 Å². The topological polar surface area (TPSA) is 99.8 Å². The summed E-state index contributed by atoms with van der Waals surface area (Å²) in [6.45, 7) is 0. The van der Waals surface area contributed by atoms with E-state index in [0.717, 1.165) is 5.56 Å². The quantitative estimate of drug-likeness (QED) is 0.411. The molecule has 0 aliphatic carbocycles. The maximum atomic E-state index is 13.2. The van der Waals surface area contributed by atoms with Crippen molar-refractivity contribution in [2.45, 2.75) is 0 Å². The lowest BCUT2D eigenvalue weighted by Gasteiger charge is -2.08. The van der Waals surface area contributed by atoms with Crippen molar-refractivity contribution in [3.63, 3.8) is 0 Å². The van der Waals surface area contributed by atoms with E-state index in [0.29, 0.717) is 34.5 Å². The van der Waals surface area contributed by atoms with Crippen molar-refractivity contribution in [2.75, 3.05) is 5.32 Å². The van der Waals surface area contributed by atoms with E-state index in [1.807, 2.05) is 0 Å². The highest BCUT2D eigenvalue weighted by Gasteiger charge is 2.15. The van der Waals surface area contributed by atoms with Crippen molar-refractivity contribution in [3.05, 3.63) is 96.7 Å². The molecule has 0 spiro atoms. The molecule has 1 N–H and O–H groups in total. The van der Waals surface area contributed by atoms with Gasteiger partial charge in [-0.05, 0) is 66.7 Å². The number of halogens is 1. The van der Waals surface area contributed by atoms with Crippen LogP contribution in [0.1, 0.15) is 10.5 Å². The maximum absolute atomic E-state index is 13.2. The molecular weight excluding hydrogens is 437 g/mol. The predicted molar refractivity (Wildman–Crippen MR) is 122 cm³/mol. The Labute approximate surface area is 193 Å². The number of carbonyl (C=O) groups is 1. The van der Waals surface area contributed by atoms with E-state index in [1.165, 1.54) is 16.8 Å². The lowest BCUT2D eigenvalue weighted by atomic mass is 10.1. The minimum Gasteiger partial charge on any atom is -0.438 e. The molecule has 0 atom stereocenters. The minimum atomic E-state index is -0.330. The molecule has 0 aliphatic heterocycles. The highest BCUT2D eigenvalue weighted by atomic mass is 19.1. The summed E-state index contributed by atoms with van der Waals surface area (Å²) in [5, 5.41) is 19.4. The Kier molecular flexibility index (Phi) is 5.53. The van der Waals surface area contributed by atoms with Crippen LogP contribution in [0.4, 0.5) is 10.1 Å². The fraction of sp³-hybridized carbons (Fsp3) is 0.0417. The number of benzene rings is 2. The second kappa shape index (κ2) is 8.94. The van der Waals surface area contributed by atoms with Gasteiger partial charge in [0.2, 0.25) is 5.88 Å². The van der Waals surface area contributed by atoms with E-state index in [4.69, 9.17) is 4.74 Å². The summed E-state index contributed by atoms with van der Waals surface area (Å²) in [6, 6.07) is 19.7. The minimum absolute atomic E-state index is 0.322. The highest BCUT2D eigenvalue weighted by molar-refractivity contribution is 6.03. The summed E-state index contributed by atoms with van der Waals surface area (Å²) in [6.07, 6.45) is 3.43. The van der Waals surface area contributed by atoms with Gasteiger partial charge in [0, 0.05) is 36.8 Å². The smallest absolute Gasteiger partial charge is 0.273 e. The van der Waals surface area contributed by atoms with Crippen LogP contribution in [0.25, 0.3) is 17.1 Å². The molecule has 1 amide bonds. The van der Waals surface area contributed by atoms with Crippen LogP contribution in [-0.4, -0.2) is 35.7 Å². The van der Waals surface area contributed by atoms with Crippen LogP contribution >= 0.6 is 0 Å². The third-order valence-corrected chi connectivity index (χ3v) is 4.95. The molecule has 0 bridgehead atoms. The number of amides is 1. The number of rotatable bonds is 6. The van der Waals surface area contributed by atoms with Crippen LogP contribution in [0.5, 0.6) is 11.6 Å². The van der Waals surface area contributed by atoms with E-state index in [1.54, 1.807) is 84.8 Å². The number of hydrogen-bond acceptors (Lipinski definition) is 6. The maximum Gasteiger partial charge on any atom is 0.273 e. The molecule has 9 nitrogen and oxygen atoms in total. The molecule has 5 rings (SSSR count). The summed E-state index contributed by atoms with van der Waals surface area (Å²) in [5.41, 5.74) is 2.25. The number of ether oxygens (including phenoxy) is 1. The monoisotopic (exact) mass is 455 g/mol. The fourth-order valence-electron chi connectivity index (χ4n) is 3.26. The number of hydrogen-bond donors (Lipinski definition) is 1. The molecule has 3 aromatic heterocycles.